The molecule has 1 atom stereocenters. The number of ether oxygens (including phenoxy) is 1. The van der Waals surface area contributed by atoms with Crippen LogP contribution in [-0.4, -0.2) is 56.1 Å². The molecule has 0 saturated heterocycles. The van der Waals surface area contributed by atoms with E-state index in [-0.39, 0.29) is 18.7 Å². The molecule has 4 rings (SSSR count). The smallest absolute Gasteiger partial charge is 0.252 e. The molecule has 1 aliphatic carbocycles. The van der Waals surface area contributed by atoms with E-state index in [4.69, 9.17) is 16.3 Å². The van der Waals surface area contributed by atoms with Crippen molar-refractivity contribution in [3.63, 3.8) is 0 Å². The molecule has 2 aromatic rings. The number of pyridine rings is 1. The van der Waals surface area contributed by atoms with E-state index in [1.54, 1.807) is 25.2 Å². The summed E-state index contributed by atoms with van der Waals surface area (Å²) in [5.74, 6) is -0.0453. The van der Waals surface area contributed by atoms with Crippen molar-refractivity contribution in [3.05, 3.63) is 58.4 Å². The Balaban J connectivity index is 1.52. The minimum absolute atomic E-state index is 0.0191. The summed E-state index contributed by atoms with van der Waals surface area (Å²) in [6, 6.07) is 8.70. The van der Waals surface area contributed by atoms with Crippen molar-refractivity contribution in [1.82, 2.24) is 15.0 Å². The first-order valence-corrected chi connectivity index (χ1v) is 12.2. The number of nitrogens with zero attached hydrogens (tertiary/aromatic N) is 2. The maximum Gasteiger partial charge on any atom is 0.252 e. The monoisotopic (exact) mass is 492 g/mol. The molecule has 3 N–H and O–H groups in total. The Morgan fingerprint density at radius 1 is 1.30 bits per heavy atom. The van der Waals surface area contributed by atoms with Crippen LogP contribution in [0.1, 0.15) is 24.1 Å². The van der Waals surface area contributed by atoms with E-state index in [2.05, 4.69) is 15.0 Å². The van der Waals surface area contributed by atoms with Gasteiger partial charge >= 0.3 is 0 Å². The predicted octanol–water partition coefficient (Wildman–Crippen LogP) is 1.66. The first kappa shape index (κ1) is 23.5. The summed E-state index contributed by atoms with van der Waals surface area (Å²) in [7, 11) is -0.473. The number of hydrogen-bond acceptors (Lipinski definition) is 7. The molecule has 2 heterocycles. The molecule has 1 aromatic carbocycles. The number of rotatable bonds is 8. The summed E-state index contributed by atoms with van der Waals surface area (Å²) >= 11 is 5.89. The number of benzene rings is 1. The minimum Gasteiger partial charge on any atom is -0.490 e. The molecule has 0 spiro atoms. The molecule has 1 aromatic heterocycles. The maximum absolute atomic E-state index is 12.8. The van der Waals surface area contributed by atoms with Crippen molar-refractivity contribution in [2.45, 2.75) is 30.4 Å². The van der Waals surface area contributed by atoms with Crippen LogP contribution in [0.25, 0.3) is 6.08 Å². The van der Waals surface area contributed by atoms with E-state index in [0.717, 1.165) is 5.56 Å². The second-order valence-corrected chi connectivity index (χ2v) is 10.8. The first-order chi connectivity index (χ1) is 15.7. The van der Waals surface area contributed by atoms with Gasteiger partial charge < -0.3 is 20.1 Å². The van der Waals surface area contributed by atoms with Crippen LogP contribution in [0, 0.1) is 0 Å². The van der Waals surface area contributed by atoms with Gasteiger partial charge in [0.15, 0.2) is 6.23 Å². The van der Waals surface area contributed by atoms with Crippen LogP contribution in [0.5, 0.6) is 5.75 Å². The van der Waals surface area contributed by atoms with Crippen molar-refractivity contribution >= 4 is 39.3 Å². The number of halogens is 1. The topological polar surface area (TPSA) is 121 Å². The highest BCUT2D eigenvalue weighted by Crippen LogP contribution is 2.44. The molecule has 2 aliphatic rings. The van der Waals surface area contributed by atoms with Crippen LogP contribution >= 0.6 is 11.6 Å². The lowest BCUT2D eigenvalue weighted by atomic mass is 10.0. The molecule has 11 heteroatoms. The van der Waals surface area contributed by atoms with Gasteiger partial charge in [0.1, 0.15) is 22.8 Å². The Morgan fingerprint density at radius 3 is 2.64 bits per heavy atom. The maximum atomic E-state index is 12.8. The highest BCUT2D eigenvalue weighted by Gasteiger charge is 2.55. The van der Waals surface area contributed by atoms with E-state index in [1.165, 1.54) is 24.2 Å². The third-order valence-corrected chi connectivity index (χ3v) is 8.43. The third-order valence-electron chi connectivity index (χ3n) is 5.97. The standard InChI is InChI=1S/C22H25ClN4O5S/c1-24-33(30,31)22(8-9-22)13-32-18-7-10-25-17-11-16(21(29)27(2)19(17)18)20(28)26-12-14-3-5-15(23)6-4-14/h3-7,10-11,21,24,29H,8-9,12-13H2,1-2H3,(H,26,28). The first-order valence-electron chi connectivity index (χ1n) is 10.4. The number of carbonyl (C=O) groups is 1. The van der Waals surface area contributed by atoms with Gasteiger partial charge in [-0.2, -0.15) is 0 Å². The number of aliphatic hydroxyl groups excluding tert-OH is 1. The van der Waals surface area contributed by atoms with Crippen LogP contribution in [0.15, 0.2) is 42.1 Å². The largest absolute Gasteiger partial charge is 0.490 e. The van der Waals surface area contributed by atoms with E-state index in [1.807, 2.05) is 12.1 Å². The highest BCUT2D eigenvalue weighted by molar-refractivity contribution is 7.91. The van der Waals surface area contributed by atoms with Gasteiger partial charge in [0, 0.05) is 30.9 Å². The molecular weight excluding hydrogens is 468 g/mol. The van der Waals surface area contributed by atoms with Crippen molar-refractivity contribution in [2.24, 2.45) is 0 Å². The Bertz CT molecular complexity index is 1200. The summed E-state index contributed by atoms with van der Waals surface area (Å²) in [6.07, 6.45) is 2.83. The van der Waals surface area contributed by atoms with E-state index in [9.17, 15) is 18.3 Å². The fourth-order valence-electron chi connectivity index (χ4n) is 3.71. The molecule has 0 bridgehead atoms. The number of sulfonamides is 1. The number of aromatic nitrogens is 1. The van der Waals surface area contributed by atoms with Crippen LogP contribution in [-0.2, 0) is 21.4 Å². The molecular formula is C22H25ClN4O5S. The van der Waals surface area contributed by atoms with Crippen LogP contribution in [0.2, 0.25) is 5.02 Å². The molecule has 1 amide bonds. The zero-order valence-electron chi connectivity index (χ0n) is 18.2. The van der Waals surface area contributed by atoms with Gasteiger partial charge in [0.05, 0.1) is 11.3 Å². The number of likely N-dealkylation sites (N-methyl/N-ethyl adjacent to an activating group) is 1. The lowest BCUT2D eigenvalue weighted by Gasteiger charge is -2.33. The van der Waals surface area contributed by atoms with Gasteiger partial charge in [0.2, 0.25) is 10.0 Å². The molecule has 1 fully saturated rings. The number of hydrogen-bond donors (Lipinski definition) is 3. The highest BCUT2D eigenvalue weighted by atomic mass is 35.5. The molecule has 1 saturated carbocycles. The number of nitrogens with one attached hydrogen (secondary N) is 2. The fraction of sp³-hybridized carbons (Fsp3) is 0.364. The van der Waals surface area contributed by atoms with Crippen LogP contribution in [0.4, 0.5) is 5.69 Å². The van der Waals surface area contributed by atoms with Crippen molar-refractivity contribution in [2.75, 3.05) is 25.6 Å². The Labute approximate surface area is 197 Å². The van der Waals surface area contributed by atoms with E-state index >= 15 is 0 Å². The van der Waals surface area contributed by atoms with Gasteiger partial charge in [-0.05, 0) is 43.7 Å². The van der Waals surface area contributed by atoms with Crippen molar-refractivity contribution in [3.8, 4) is 5.75 Å². The lowest BCUT2D eigenvalue weighted by molar-refractivity contribution is -0.118. The van der Waals surface area contributed by atoms with Gasteiger partial charge in [-0.25, -0.2) is 13.1 Å². The zero-order chi connectivity index (χ0) is 23.8. The Kier molecular flexibility index (Phi) is 6.37. The van der Waals surface area contributed by atoms with Crippen molar-refractivity contribution < 1.29 is 23.1 Å². The minimum atomic E-state index is -3.48. The average Bonchev–Trinajstić information content (AvgIpc) is 3.61. The van der Waals surface area contributed by atoms with Gasteiger partial charge in [-0.15, -0.1) is 0 Å². The van der Waals surface area contributed by atoms with Crippen LogP contribution < -0.4 is 19.7 Å². The van der Waals surface area contributed by atoms with Gasteiger partial charge in [0.25, 0.3) is 5.91 Å². The number of aliphatic hydroxyl groups is 1. The second-order valence-electron chi connectivity index (χ2n) is 8.12. The van der Waals surface area contributed by atoms with Gasteiger partial charge in [-0.1, -0.05) is 23.7 Å². The SMILES string of the molecule is CNS(=O)(=O)C1(COc2ccnc3c2N(C)C(O)C(C(=O)NCc2ccc(Cl)cc2)=C3)CC1. The number of fused-ring (bicyclic) bond motifs is 1. The summed E-state index contributed by atoms with van der Waals surface area (Å²) in [5, 5.41) is 14.2. The average molecular weight is 493 g/mol. The number of anilines is 1. The molecule has 33 heavy (non-hydrogen) atoms. The Hall–Kier alpha value is -2.66. The second kappa shape index (κ2) is 8.94. The van der Waals surface area contributed by atoms with E-state index in [0.29, 0.717) is 35.0 Å². The Morgan fingerprint density at radius 2 is 2.00 bits per heavy atom. The fourth-order valence-corrected chi connectivity index (χ4v) is 5.12. The lowest BCUT2D eigenvalue weighted by Crippen LogP contribution is -2.42. The molecule has 1 aliphatic heterocycles. The summed E-state index contributed by atoms with van der Waals surface area (Å²) in [6.45, 7) is 0.254. The zero-order valence-corrected chi connectivity index (χ0v) is 19.8. The van der Waals surface area contributed by atoms with E-state index < -0.39 is 26.9 Å². The van der Waals surface area contributed by atoms with Gasteiger partial charge in [-0.3, -0.25) is 9.78 Å². The summed E-state index contributed by atoms with van der Waals surface area (Å²) in [5.41, 5.74) is 1.93. The molecule has 1 unspecified atom stereocenters. The number of amides is 1. The van der Waals surface area contributed by atoms with Crippen LogP contribution in [0.3, 0.4) is 0 Å². The quantitative estimate of drug-likeness (QED) is 0.512. The predicted molar refractivity (Wildman–Crippen MR) is 125 cm³/mol. The third kappa shape index (κ3) is 4.56. The summed E-state index contributed by atoms with van der Waals surface area (Å²) in [4.78, 5) is 18.6. The summed E-state index contributed by atoms with van der Waals surface area (Å²) < 4.78 is 31.9. The molecule has 0 radical (unpaired) electrons. The molecule has 9 nitrogen and oxygen atoms in total. The normalized spacial score (nSPS) is 18.8. The molecule has 176 valence electrons. The number of carbonyl (C=O) groups excluding carboxylic acids is 1. The van der Waals surface area contributed by atoms with Crippen molar-refractivity contribution in [1.29, 1.82) is 0 Å².